The zero-order valence-electron chi connectivity index (χ0n) is 6.68. The number of hydrogen-bond acceptors (Lipinski definition) is 2. The van der Waals surface area contributed by atoms with Crippen molar-refractivity contribution in [1.29, 1.82) is 0 Å². The van der Waals surface area contributed by atoms with E-state index in [1.54, 1.807) is 0 Å². The van der Waals surface area contributed by atoms with Crippen molar-refractivity contribution in [2.24, 2.45) is 0 Å². The molecule has 0 radical (unpaired) electrons. The molecule has 1 atom stereocenters. The van der Waals surface area contributed by atoms with Crippen molar-refractivity contribution in [2.45, 2.75) is 19.4 Å². The molecule has 0 aromatic rings. The maximum absolute atomic E-state index is 5.17. The molecular formula is C8H15NS. The topological polar surface area (TPSA) is 12.0 Å². The van der Waals surface area contributed by atoms with Crippen LogP contribution in [0.2, 0.25) is 0 Å². The quantitative estimate of drug-likeness (QED) is 0.477. The van der Waals surface area contributed by atoms with Crippen LogP contribution in [0.4, 0.5) is 0 Å². The fraction of sp³-hybridized carbons (Fsp3) is 0.750. The second-order valence-corrected chi connectivity index (χ2v) is 3.17. The number of nitrogens with one attached hydrogen (secondary N) is 1. The third kappa shape index (κ3) is 6.00. The van der Waals surface area contributed by atoms with Gasteiger partial charge in [-0.3, -0.25) is 0 Å². The Bertz CT molecular complexity index is 106. The van der Waals surface area contributed by atoms with Crippen LogP contribution >= 0.6 is 11.8 Å². The average Bonchev–Trinajstić information content (AvgIpc) is 1.98. The maximum atomic E-state index is 5.17. The molecule has 0 aliphatic rings. The van der Waals surface area contributed by atoms with E-state index < -0.39 is 0 Å². The Morgan fingerprint density at radius 1 is 1.70 bits per heavy atom. The number of thioether (sulfide) groups is 1. The standard InChI is InChI=1S/C8H15NS/c1-4-8(2)9-6-5-7-10-3/h1,8-9H,5-7H2,2-3H3. The van der Waals surface area contributed by atoms with Crippen LogP contribution in [-0.4, -0.2) is 24.6 Å². The lowest BCUT2D eigenvalue weighted by atomic mass is 10.3. The molecule has 2 heteroatoms. The van der Waals surface area contributed by atoms with Crippen molar-refractivity contribution in [3.05, 3.63) is 0 Å². The minimum Gasteiger partial charge on any atom is -0.304 e. The van der Waals surface area contributed by atoms with Crippen LogP contribution in [0.15, 0.2) is 0 Å². The Labute approximate surface area is 68.0 Å². The highest BCUT2D eigenvalue weighted by atomic mass is 32.2. The molecule has 0 spiro atoms. The molecule has 1 N–H and O–H groups in total. The normalized spacial score (nSPS) is 12.5. The minimum absolute atomic E-state index is 0.224. The van der Waals surface area contributed by atoms with E-state index in [4.69, 9.17) is 6.42 Å². The van der Waals surface area contributed by atoms with Gasteiger partial charge in [0.15, 0.2) is 0 Å². The van der Waals surface area contributed by atoms with Crippen molar-refractivity contribution in [3.8, 4) is 12.3 Å². The number of rotatable bonds is 5. The van der Waals surface area contributed by atoms with Crippen molar-refractivity contribution in [1.82, 2.24) is 5.32 Å². The van der Waals surface area contributed by atoms with Crippen molar-refractivity contribution in [2.75, 3.05) is 18.6 Å². The summed E-state index contributed by atoms with van der Waals surface area (Å²) in [5, 5.41) is 3.22. The molecule has 10 heavy (non-hydrogen) atoms. The zero-order chi connectivity index (χ0) is 7.82. The van der Waals surface area contributed by atoms with Gasteiger partial charge in [0.05, 0.1) is 6.04 Å². The van der Waals surface area contributed by atoms with E-state index in [0.717, 1.165) is 6.54 Å². The van der Waals surface area contributed by atoms with E-state index in [2.05, 4.69) is 17.5 Å². The maximum Gasteiger partial charge on any atom is 0.0658 e. The van der Waals surface area contributed by atoms with Gasteiger partial charge >= 0.3 is 0 Å². The molecule has 58 valence electrons. The van der Waals surface area contributed by atoms with Crippen LogP contribution < -0.4 is 5.32 Å². The van der Waals surface area contributed by atoms with Crippen LogP contribution in [-0.2, 0) is 0 Å². The molecule has 0 aliphatic carbocycles. The molecule has 0 amide bonds. The molecule has 0 aromatic heterocycles. The Kier molecular flexibility index (Phi) is 6.89. The first-order chi connectivity index (χ1) is 4.81. The lowest BCUT2D eigenvalue weighted by Crippen LogP contribution is -2.25. The first-order valence-electron chi connectivity index (χ1n) is 3.49. The Hall–Kier alpha value is -0.130. The monoisotopic (exact) mass is 157 g/mol. The Balaban J connectivity index is 2.98. The van der Waals surface area contributed by atoms with E-state index in [1.165, 1.54) is 12.2 Å². The summed E-state index contributed by atoms with van der Waals surface area (Å²) < 4.78 is 0. The van der Waals surface area contributed by atoms with Crippen molar-refractivity contribution < 1.29 is 0 Å². The summed E-state index contributed by atoms with van der Waals surface area (Å²) in [7, 11) is 0. The molecule has 0 aliphatic heterocycles. The van der Waals surface area contributed by atoms with E-state index >= 15 is 0 Å². The lowest BCUT2D eigenvalue weighted by molar-refractivity contribution is 0.640. The summed E-state index contributed by atoms with van der Waals surface area (Å²) in [5.74, 6) is 3.84. The van der Waals surface area contributed by atoms with Crippen molar-refractivity contribution >= 4 is 11.8 Å². The molecule has 0 saturated carbocycles. The van der Waals surface area contributed by atoms with E-state index in [0.29, 0.717) is 0 Å². The smallest absolute Gasteiger partial charge is 0.0658 e. The van der Waals surface area contributed by atoms with Crippen LogP contribution in [0.3, 0.4) is 0 Å². The van der Waals surface area contributed by atoms with Gasteiger partial charge in [0.2, 0.25) is 0 Å². The fourth-order valence-corrected chi connectivity index (χ4v) is 1.03. The molecule has 0 rings (SSSR count). The highest BCUT2D eigenvalue weighted by Crippen LogP contribution is 1.93. The zero-order valence-corrected chi connectivity index (χ0v) is 7.50. The van der Waals surface area contributed by atoms with Gasteiger partial charge in [-0.05, 0) is 31.9 Å². The van der Waals surface area contributed by atoms with Crippen LogP contribution in [0, 0.1) is 12.3 Å². The summed E-state index contributed by atoms with van der Waals surface area (Å²) in [5.41, 5.74) is 0. The molecule has 1 nitrogen and oxygen atoms in total. The second kappa shape index (κ2) is 6.98. The second-order valence-electron chi connectivity index (χ2n) is 2.19. The SMILES string of the molecule is C#CC(C)NCCCSC. The molecule has 1 unspecified atom stereocenters. The van der Waals surface area contributed by atoms with Gasteiger partial charge in [-0.2, -0.15) is 11.8 Å². The van der Waals surface area contributed by atoms with Crippen LogP contribution in [0.1, 0.15) is 13.3 Å². The van der Waals surface area contributed by atoms with Gasteiger partial charge in [0.25, 0.3) is 0 Å². The Morgan fingerprint density at radius 2 is 2.40 bits per heavy atom. The molecular weight excluding hydrogens is 142 g/mol. The highest BCUT2D eigenvalue weighted by molar-refractivity contribution is 7.98. The predicted molar refractivity (Wildman–Crippen MR) is 49.3 cm³/mol. The Morgan fingerprint density at radius 3 is 2.90 bits per heavy atom. The van der Waals surface area contributed by atoms with E-state index in [9.17, 15) is 0 Å². The summed E-state index contributed by atoms with van der Waals surface area (Å²) in [6.45, 7) is 3.03. The lowest BCUT2D eigenvalue weighted by Gasteiger charge is -2.05. The predicted octanol–water partition coefficient (Wildman–Crippen LogP) is 1.35. The van der Waals surface area contributed by atoms with Gasteiger partial charge in [-0.15, -0.1) is 6.42 Å². The van der Waals surface area contributed by atoms with Gasteiger partial charge in [0.1, 0.15) is 0 Å². The van der Waals surface area contributed by atoms with E-state index in [-0.39, 0.29) is 6.04 Å². The molecule has 0 fully saturated rings. The number of hydrogen-bond donors (Lipinski definition) is 1. The first-order valence-corrected chi connectivity index (χ1v) is 4.89. The van der Waals surface area contributed by atoms with Crippen molar-refractivity contribution in [3.63, 3.8) is 0 Å². The third-order valence-electron chi connectivity index (χ3n) is 1.23. The first kappa shape index (κ1) is 9.87. The van der Waals surface area contributed by atoms with Crippen LogP contribution in [0.25, 0.3) is 0 Å². The average molecular weight is 157 g/mol. The van der Waals surface area contributed by atoms with Gasteiger partial charge < -0.3 is 5.32 Å². The number of terminal acetylenes is 1. The molecule has 0 saturated heterocycles. The summed E-state index contributed by atoms with van der Waals surface area (Å²) in [4.78, 5) is 0. The van der Waals surface area contributed by atoms with Gasteiger partial charge in [-0.25, -0.2) is 0 Å². The van der Waals surface area contributed by atoms with Gasteiger partial charge in [-0.1, -0.05) is 5.92 Å². The largest absolute Gasteiger partial charge is 0.304 e. The van der Waals surface area contributed by atoms with E-state index in [1.807, 2.05) is 18.7 Å². The fourth-order valence-electron chi connectivity index (χ4n) is 0.594. The van der Waals surface area contributed by atoms with Crippen LogP contribution in [0.5, 0.6) is 0 Å². The molecule has 0 bridgehead atoms. The third-order valence-corrected chi connectivity index (χ3v) is 1.92. The minimum atomic E-state index is 0.224. The highest BCUT2D eigenvalue weighted by Gasteiger charge is 1.92. The molecule has 0 heterocycles. The molecule has 0 aromatic carbocycles. The summed E-state index contributed by atoms with van der Waals surface area (Å²) >= 11 is 1.87. The summed E-state index contributed by atoms with van der Waals surface area (Å²) in [6, 6.07) is 0.224. The summed E-state index contributed by atoms with van der Waals surface area (Å²) in [6.07, 6.45) is 8.49. The van der Waals surface area contributed by atoms with Gasteiger partial charge in [0, 0.05) is 0 Å².